The molecule has 0 N–H and O–H groups in total. The van der Waals surface area contributed by atoms with Crippen LogP contribution in [0.25, 0.3) is 0 Å². The smallest absolute Gasteiger partial charge is 0.146 e. The summed E-state index contributed by atoms with van der Waals surface area (Å²) in [7, 11) is 0. The molecule has 0 atom stereocenters. The van der Waals surface area contributed by atoms with Gasteiger partial charge < -0.3 is 9.47 Å². The highest BCUT2D eigenvalue weighted by Crippen LogP contribution is 1.92. The van der Waals surface area contributed by atoms with Gasteiger partial charge in [0.15, 0.2) is 0 Å². The summed E-state index contributed by atoms with van der Waals surface area (Å²) in [6.45, 7) is 4.14. The zero-order valence-electron chi connectivity index (χ0n) is 7.32. The predicted molar refractivity (Wildman–Crippen MR) is 48.0 cm³/mol. The molecule has 0 amide bonds. The van der Waals surface area contributed by atoms with Crippen molar-refractivity contribution in [3.63, 3.8) is 0 Å². The van der Waals surface area contributed by atoms with E-state index in [0.29, 0.717) is 6.79 Å². The number of hydrogen-bond donors (Lipinski definition) is 0. The fourth-order valence-corrected chi connectivity index (χ4v) is 0.829. The lowest BCUT2D eigenvalue weighted by molar-refractivity contribution is 0.0692. The first-order chi connectivity index (χ1) is 5.89. The first kappa shape index (κ1) is 9.23. The molecule has 1 aliphatic heterocycles. The third kappa shape index (κ3) is 4.11. The minimum atomic E-state index is 0.500. The largest absolute Gasteiger partial charge is 0.353 e. The van der Waals surface area contributed by atoms with Gasteiger partial charge in [0.25, 0.3) is 0 Å². The SMILES string of the molecule is C1COCO1.Cc1ccccc1. The third-order valence-corrected chi connectivity index (χ3v) is 1.48. The van der Waals surface area contributed by atoms with Crippen LogP contribution in [-0.2, 0) is 9.47 Å². The van der Waals surface area contributed by atoms with Gasteiger partial charge >= 0.3 is 0 Å². The van der Waals surface area contributed by atoms with Crippen molar-refractivity contribution in [2.75, 3.05) is 20.0 Å². The first-order valence-corrected chi connectivity index (χ1v) is 4.07. The molecule has 12 heavy (non-hydrogen) atoms. The number of aryl methyl sites for hydroxylation is 1. The van der Waals surface area contributed by atoms with E-state index in [1.807, 2.05) is 18.2 Å². The molecule has 1 saturated heterocycles. The van der Waals surface area contributed by atoms with Crippen LogP contribution >= 0.6 is 0 Å². The molecular formula is C10H14O2. The lowest BCUT2D eigenvalue weighted by Crippen LogP contribution is -1.79. The van der Waals surface area contributed by atoms with Crippen LogP contribution in [0.3, 0.4) is 0 Å². The van der Waals surface area contributed by atoms with E-state index >= 15 is 0 Å². The van der Waals surface area contributed by atoms with Crippen molar-refractivity contribution in [1.29, 1.82) is 0 Å². The summed E-state index contributed by atoms with van der Waals surface area (Å²) in [4.78, 5) is 0. The Morgan fingerprint density at radius 1 is 1.00 bits per heavy atom. The molecule has 0 aliphatic carbocycles. The Balaban J connectivity index is 0.000000127. The molecule has 2 rings (SSSR count). The fraction of sp³-hybridized carbons (Fsp3) is 0.400. The zero-order valence-corrected chi connectivity index (χ0v) is 7.32. The average Bonchev–Trinajstić information content (AvgIpc) is 2.62. The van der Waals surface area contributed by atoms with E-state index in [0.717, 1.165) is 13.2 Å². The minimum Gasteiger partial charge on any atom is -0.353 e. The van der Waals surface area contributed by atoms with E-state index in [9.17, 15) is 0 Å². The van der Waals surface area contributed by atoms with Crippen molar-refractivity contribution in [2.45, 2.75) is 6.92 Å². The summed E-state index contributed by atoms with van der Waals surface area (Å²) < 4.78 is 9.44. The van der Waals surface area contributed by atoms with Gasteiger partial charge in [0.1, 0.15) is 6.79 Å². The Morgan fingerprint density at radius 3 is 1.83 bits per heavy atom. The molecule has 0 unspecified atom stereocenters. The Bertz CT molecular complexity index is 185. The van der Waals surface area contributed by atoms with Gasteiger partial charge in [-0.25, -0.2) is 0 Å². The van der Waals surface area contributed by atoms with E-state index in [-0.39, 0.29) is 0 Å². The van der Waals surface area contributed by atoms with Gasteiger partial charge in [-0.2, -0.15) is 0 Å². The summed E-state index contributed by atoms with van der Waals surface area (Å²) in [6, 6.07) is 10.3. The van der Waals surface area contributed by atoms with Crippen LogP contribution in [0.15, 0.2) is 30.3 Å². The second-order valence-corrected chi connectivity index (χ2v) is 2.59. The number of benzene rings is 1. The average molecular weight is 166 g/mol. The molecule has 0 bridgehead atoms. The molecule has 66 valence electrons. The molecule has 0 saturated carbocycles. The first-order valence-electron chi connectivity index (χ1n) is 4.07. The van der Waals surface area contributed by atoms with Gasteiger partial charge in [-0.1, -0.05) is 35.9 Å². The van der Waals surface area contributed by atoms with Crippen molar-refractivity contribution in [2.24, 2.45) is 0 Å². The topological polar surface area (TPSA) is 18.5 Å². The molecule has 0 spiro atoms. The van der Waals surface area contributed by atoms with Crippen LogP contribution in [0.1, 0.15) is 5.56 Å². The zero-order chi connectivity index (χ0) is 8.65. The van der Waals surface area contributed by atoms with E-state index in [4.69, 9.17) is 9.47 Å². The Morgan fingerprint density at radius 2 is 1.58 bits per heavy atom. The van der Waals surface area contributed by atoms with E-state index in [2.05, 4.69) is 19.1 Å². The van der Waals surface area contributed by atoms with Crippen LogP contribution < -0.4 is 0 Å². The summed E-state index contributed by atoms with van der Waals surface area (Å²) in [5, 5.41) is 0. The van der Waals surface area contributed by atoms with Crippen molar-refractivity contribution in [3.05, 3.63) is 35.9 Å². The van der Waals surface area contributed by atoms with E-state index in [1.165, 1.54) is 5.56 Å². The molecule has 2 nitrogen and oxygen atoms in total. The van der Waals surface area contributed by atoms with Crippen LogP contribution in [0.4, 0.5) is 0 Å². The maximum absolute atomic E-state index is 4.72. The Hall–Kier alpha value is -0.860. The second kappa shape index (κ2) is 5.75. The fourth-order valence-electron chi connectivity index (χ4n) is 0.829. The van der Waals surface area contributed by atoms with Gasteiger partial charge in [0, 0.05) is 0 Å². The van der Waals surface area contributed by atoms with Crippen molar-refractivity contribution < 1.29 is 9.47 Å². The predicted octanol–water partition coefficient (Wildman–Crippen LogP) is 1.99. The second-order valence-electron chi connectivity index (χ2n) is 2.59. The van der Waals surface area contributed by atoms with Gasteiger partial charge in [0.05, 0.1) is 13.2 Å². The van der Waals surface area contributed by atoms with Gasteiger partial charge in [-0.05, 0) is 6.92 Å². The van der Waals surface area contributed by atoms with Crippen molar-refractivity contribution in [3.8, 4) is 0 Å². The summed E-state index contributed by atoms with van der Waals surface area (Å²) in [5.41, 5.74) is 1.32. The maximum Gasteiger partial charge on any atom is 0.146 e. The van der Waals surface area contributed by atoms with Crippen LogP contribution in [-0.4, -0.2) is 20.0 Å². The molecule has 0 aromatic heterocycles. The van der Waals surface area contributed by atoms with Gasteiger partial charge in [0.2, 0.25) is 0 Å². The van der Waals surface area contributed by atoms with E-state index in [1.54, 1.807) is 0 Å². The van der Waals surface area contributed by atoms with Crippen LogP contribution in [0.5, 0.6) is 0 Å². The van der Waals surface area contributed by atoms with Crippen molar-refractivity contribution in [1.82, 2.24) is 0 Å². The number of rotatable bonds is 0. The molecule has 1 aliphatic rings. The summed E-state index contributed by atoms with van der Waals surface area (Å²) in [5.74, 6) is 0. The highest BCUT2D eigenvalue weighted by Gasteiger charge is 1.93. The van der Waals surface area contributed by atoms with Crippen LogP contribution in [0, 0.1) is 6.92 Å². The van der Waals surface area contributed by atoms with Gasteiger partial charge in [-0.15, -0.1) is 0 Å². The maximum atomic E-state index is 4.72. The lowest BCUT2D eigenvalue weighted by Gasteiger charge is -1.82. The monoisotopic (exact) mass is 166 g/mol. The molecule has 0 radical (unpaired) electrons. The van der Waals surface area contributed by atoms with E-state index < -0.39 is 0 Å². The summed E-state index contributed by atoms with van der Waals surface area (Å²) in [6.07, 6.45) is 0. The highest BCUT2D eigenvalue weighted by molar-refractivity contribution is 5.11. The lowest BCUT2D eigenvalue weighted by atomic mass is 10.2. The van der Waals surface area contributed by atoms with Crippen molar-refractivity contribution >= 4 is 0 Å². The number of hydrogen-bond acceptors (Lipinski definition) is 2. The quantitative estimate of drug-likeness (QED) is 0.586. The molecular weight excluding hydrogens is 152 g/mol. The Labute approximate surface area is 73.1 Å². The molecule has 1 aromatic carbocycles. The van der Waals surface area contributed by atoms with Crippen LogP contribution in [0.2, 0.25) is 0 Å². The molecule has 1 heterocycles. The highest BCUT2D eigenvalue weighted by atomic mass is 16.7. The molecule has 2 heteroatoms. The number of ether oxygens (including phenoxy) is 2. The molecule has 1 aromatic rings. The summed E-state index contributed by atoms with van der Waals surface area (Å²) >= 11 is 0. The van der Waals surface area contributed by atoms with Gasteiger partial charge in [-0.3, -0.25) is 0 Å². The standard InChI is InChI=1S/C7H8.C3H6O2/c1-7-5-3-2-4-6-7;1-2-5-3-4-1/h2-6H,1H3;1-3H2. The Kier molecular flexibility index (Phi) is 4.42. The minimum absolute atomic E-state index is 0.500. The normalized spacial score (nSPS) is 15.1. The third-order valence-electron chi connectivity index (χ3n) is 1.48. The molecule has 1 fully saturated rings.